The van der Waals surface area contributed by atoms with Gasteiger partial charge in [-0.3, -0.25) is 4.79 Å². The van der Waals surface area contributed by atoms with Crippen molar-refractivity contribution in [3.63, 3.8) is 0 Å². The SMILES string of the molecule is C[C@@](C#N)(NC(=O)COC(=O)c1cc(Cl)nc2ccccc12)C1CC1. The molecule has 7 heteroatoms. The van der Waals surface area contributed by atoms with Crippen molar-refractivity contribution in [1.29, 1.82) is 5.26 Å². The van der Waals surface area contributed by atoms with Crippen molar-refractivity contribution in [2.45, 2.75) is 25.3 Å². The molecule has 0 unspecified atom stereocenters. The Morgan fingerprint density at radius 3 is 2.84 bits per heavy atom. The van der Waals surface area contributed by atoms with Gasteiger partial charge in [0.1, 0.15) is 10.7 Å². The molecule has 0 saturated heterocycles. The van der Waals surface area contributed by atoms with Crippen LogP contribution in [0.15, 0.2) is 30.3 Å². The summed E-state index contributed by atoms with van der Waals surface area (Å²) in [5.74, 6) is -1.02. The molecule has 1 heterocycles. The number of fused-ring (bicyclic) bond motifs is 1. The van der Waals surface area contributed by atoms with Gasteiger partial charge >= 0.3 is 5.97 Å². The normalized spacial score (nSPS) is 15.9. The number of amides is 1. The van der Waals surface area contributed by atoms with Crippen LogP contribution in [0.25, 0.3) is 10.9 Å². The van der Waals surface area contributed by atoms with Crippen LogP contribution >= 0.6 is 11.6 Å². The number of aromatic nitrogens is 1. The molecule has 1 saturated carbocycles. The molecule has 0 radical (unpaired) electrons. The Balaban J connectivity index is 1.69. The Hall–Kier alpha value is -2.65. The van der Waals surface area contributed by atoms with Crippen molar-refractivity contribution in [2.24, 2.45) is 5.92 Å². The summed E-state index contributed by atoms with van der Waals surface area (Å²) in [6.45, 7) is 1.22. The van der Waals surface area contributed by atoms with E-state index in [2.05, 4.69) is 16.4 Å². The van der Waals surface area contributed by atoms with Crippen molar-refractivity contribution in [2.75, 3.05) is 6.61 Å². The van der Waals surface area contributed by atoms with Gasteiger partial charge in [-0.2, -0.15) is 5.26 Å². The van der Waals surface area contributed by atoms with E-state index in [9.17, 15) is 14.9 Å². The van der Waals surface area contributed by atoms with E-state index in [0.29, 0.717) is 10.9 Å². The molecule has 25 heavy (non-hydrogen) atoms. The van der Waals surface area contributed by atoms with Gasteiger partial charge in [0.15, 0.2) is 6.61 Å². The van der Waals surface area contributed by atoms with Gasteiger partial charge in [0.2, 0.25) is 0 Å². The highest BCUT2D eigenvalue weighted by atomic mass is 35.5. The average molecular weight is 358 g/mol. The highest BCUT2D eigenvalue weighted by molar-refractivity contribution is 6.30. The summed E-state index contributed by atoms with van der Waals surface area (Å²) < 4.78 is 5.10. The first kappa shape index (κ1) is 17.2. The number of pyridine rings is 1. The molecule has 1 aromatic carbocycles. The second-order valence-electron chi connectivity index (χ2n) is 6.22. The lowest BCUT2D eigenvalue weighted by Crippen LogP contribution is -2.48. The standard InChI is InChI=1S/C18H16ClN3O3/c1-18(10-20,11-6-7-11)22-16(23)9-25-17(24)13-8-15(19)21-14-5-3-2-4-12(13)14/h2-5,8,11H,6-7,9H2,1H3,(H,22,23)/t18-/m0/s1. The Bertz CT molecular complexity index is 889. The van der Waals surface area contributed by atoms with E-state index in [1.807, 2.05) is 0 Å². The minimum atomic E-state index is -0.920. The molecular weight excluding hydrogens is 342 g/mol. The number of rotatable bonds is 5. The lowest BCUT2D eigenvalue weighted by molar-refractivity contribution is -0.125. The molecule has 1 fully saturated rings. The number of nitriles is 1. The fourth-order valence-electron chi connectivity index (χ4n) is 2.73. The number of ether oxygens (including phenoxy) is 1. The van der Waals surface area contributed by atoms with Gasteiger partial charge in [0, 0.05) is 5.39 Å². The minimum Gasteiger partial charge on any atom is -0.452 e. The number of hydrogen-bond donors (Lipinski definition) is 1. The van der Waals surface area contributed by atoms with Crippen LogP contribution in [-0.4, -0.2) is 29.0 Å². The average Bonchev–Trinajstić information content (AvgIpc) is 3.44. The Labute approximate surface area is 149 Å². The van der Waals surface area contributed by atoms with Crippen LogP contribution in [0.4, 0.5) is 0 Å². The van der Waals surface area contributed by atoms with Gasteiger partial charge in [-0.15, -0.1) is 0 Å². The number of carbonyl (C=O) groups excluding carboxylic acids is 2. The minimum absolute atomic E-state index is 0.153. The molecule has 0 spiro atoms. The summed E-state index contributed by atoms with van der Waals surface area (Å²) in [4.78, 5) is 28.5. The third-order valence-electron chi connectivity index (χ3n) is 4.26. The number of para-hydroxylation sites is 1. The molecule has 1 aliphatic rings. The molecular formula is C18H16ClN3O3. The maximum atomic E-state index is 12.3. The smallest absolute Gasteiger partial charge is 0.339 e. The summed E-state index contributed by atoms with van der Waals surface area (Å²) in [6, 6.07) is 10.6. The van der Waals surface area contributed by atoms with Gasteiger partial charge in [-0.25, -0.2) is 9.78 Å². The first-order chi connectivity index (χ1) is 11.9. The van der Waals surface area contributed by atoms with Crippen LogP contribution in [0.5, 0.6) is 0 Å². The molecule has 0 aliphatic heterocycles. The first-order valence-corrected chi connectivity index (χ1v) is 8.25. The predicted octanol–water partition coefficient (Wildman–Crippen LogP) is 2.85. The number of esters is 1. The number of benzene rings is 1. The highest BCUT2D eigenvalue weighted by Gasteiger charge is 2.43. The summed E-state index contributed by atoms with van der Waals surface area (Å²) in [6.07, 6.45) is 1.82. The van der Waals surface area contributed by atoms with Gasteiger partial charge in [0.05, 0.1) is 17.1 Å². The second kappa shape index (κ2) is 6.69. The number of carbonyl (C=O) groups is 2. The lowest BCUT2D eigenvalue weighted by Gasteiger charge is -2.22. The van der Waals surface area contributed by atoms with E-state index in [1.54, 1.807) is 31.2 Å². The van der Waals surface area contributed by atoms with E-state index in [4.69, 9.17) is 16.3 Å². The van der Waals surface area contributed by atoms with Gasteiger partial charge in [-0.05, 0) is 37.8 Å². The van der Waals surface area contributed by atoms with Crippen molar-refractivity contribution in [1.82, 2.24) is 10.3 Å². The van der Waals surface area contributed by atoms with E-state index >= 15 is 0 Å². The molecule has 1 aromatic heterocycles. The molecule has 1 atom stereocenters. The van der Waals surface area contributed by atoms with Crippen LogP contribution in [0, 0.1) is 17.2 Å². The van der Waals surface area contributed by atoms with Gasteiger partial charge in [0.25, 0.3) is 5.91 Å². The summed E-state index contributed by atoms with van der Waals surface area (Å²) in [5, 5.41) is 12.7. The molecule has 1 aliphatic carbocycles. The van der Waals surface area contributed by atoms with E-state index in [0.717, 1.165) is 12.8 Å². The monoisotopic (exact) mass is 357 g/mol. The molecule has 1 amide bonds. The summed E-state index contributed by atoms with van der Waals surface area (Å²) in [7, 11) is 0. The van der Waals surface area contributed by atoms with Crippen LogP contribution in [0.2, 0.25) is 5.15 Å². The van der Waals surface area contributed by atoms with E-state index in [-0.39, 0.29) is 16.6 Å². The van der Waals surface area contributed by atoms with Crippen molar-refractivity contribution in [3.05, 3.63) is 41.0 Å². The summed E-state index contributed by atoms with van der Waals surface area (Å²) in [5.41, 5.74) is -0.110. The van der Waals surface area contributed by atoms with E-state index in [1.165, 1.54) is 6.07 Å². The lowest BCUT2D eigenvalue weighted by atomic mass is 9.98. The van der Waals surface area contributed by atoms with Crippen molar-refractivity contribution < 1.29 is 14.3 Å². The van der Waals surface area contributed by atoms with Gasteiger partial charge in [-0.1, -0.05) is 29.8 Å². The topological polar surface area (TPSA) is 92.1 Å². The number of nitrogens with zero attached hydrogens (tertiary/aromatic N) is 2. The maximum absolute atomic E-state index is 12.3. The largest absolute Gasteiger partial charge is 0.452 e. The van der Waals surface area contributed by atoms with Crippen LogP contribution in [0.1, 0.15) is 30.1 Å². The van der Waals surface area contributed by atoms with Crippen LogP contribution < -0.4 is 5.32 Å². The molecule has 1 N–H and O–H groups in total. The molecule has 2 aromatic rings. The van der Waals surface area contributed by atoms with Crippen molar-refractivity contribution >= 4 is 34.4 Å². The van der Waals surface area contributed by atoms with E-state index < -0.39 is 24.0 Å². The fraction of sp³-hybridized carbons (Fsp3) is 0.333. The Morgan fingerprint density at radius 1 is 1.44 bits per heavy atom. The zero-order chi connectivity index (χ0) is 18.0. The molecule has 3 rings (SSSR count). The molecule has 0 bridgehead atoms. The van der Waals surface area contributed by atoms with Crippen molar-refractivity contribution in [3.8, 4) is 6.07 Å². The Kier molecular flexibility index (Phi) is 4.60. The van der Waals surface area contributed by atoms with Gasteiger partial charge < -0.3 is 10.1 Å². The van der Waals surface area contributed by atoms with Crippen LogP contribution in [0.3, 0.4) is 0 Å². The number of nitrogens with one attached hydrogen (secondary N) is 1. The fourth-order valence-corrected chi connectivity index (χ4v) is 2.93. The number of halogens is 1. The highest BCUT2D eigenvalue weighted by Crippen LogP contribution is 2.39. The Morgan fingerprint density at radius 2 is 2.16 bits per heavy atom. The second-order valence-corrected chi connectivity index (χ2v) is 6.61. The van der Waals surface area contributed by atoms with Crippen LogP contribution in [-0.2, 0) is 9.53 Å². The zero-order valence-corrected chi connectivity index (χ0v) is 14.3. The first-order valence-electron chi connectivity index (χ1n) is 7.87. The quantitative estimate of drug-likeness (QED) is 0.656. The molecule has 6 nitrogen and oxygen atoms in total. The third-order valence-corrected chi connectivity index (χ3v) is 4.46. The predicted molar refractivity (Wildman–Crippen MR) is 91.9 cm³/mol. The number of hydrogen-bond acceptors (Lipinski definition) is 5. The zero-order valence-electron chi connectivity index (χ0n) is 13.6. The maximum Gasteiger partial charge on any atom is 0.339 e. The molecule has 128 valence electrons. The summed E-state index contributed by atoms with van der Waals surface area (Å²) >= 11 is 5.94. The third kappa shape index (κ3) is 3.72.